The normalized spacial score (nSPS) is 21.2. The fourth-order valence-electron chi connectivity index (χ4n) is 6.98. The molecule has 2 heterocycles. The first-order valence-electron chi connectivity index (χ1n) is 13.5. The lowest BCUT2D eigenvalue weighted by molar-refractivity contribution is 0.0586. The van der Waals surface area contributed by atoms with Gasteiger partial charge in [-0.15, -0.1) is 0 Å². The quantitative estimate of drug-likeness (QED) is 0.209. The third-order valence-electron chi connectivity index (χ3n) is 8.74. The van der Waals surface area contributed by atoms with Gasteiger partial charge >= 0.3 is 0 Å². The van der Waals surface area contributed by atoms with Crippen molar-refractivity contribution in [3.8, 4) is 11.5 Å². The molecular formula is C34H25ClN2O5. The summed E-state index contributed by atoms with van der Waals surface area (Å²) < 4.78 is 11.1. The van der Waals surface area contributed by atoms with Crippen molar-refractivity contribution in [2.24, 2.45) is 10.5 Å². The molecule has 0 aromatic heterocycles. The van der Waals surface area contributed by atoms with E-state index in [1.165, 1.54) is 14.2 Å². The molecule has 8 heteroatoms. The number of hydrazone groups is 1. The lowest BCUT2D eigenvalue weighted by Gasteiger charge is -2.36. The summed E-state index contributed by atoms with van der Waals surface area (Å²) in [6.45, 7) is 0. The van der Waals surface area contributed by atoms with Crippen LogP contribution in [0.1, 0.15) is 59.7 Å². The minimum atomic E-state index is -1.68. The van der Waals surface area contributed by atoms with Crippen LogP contribution in [0.5, 0.6) is 11.5 Å². The van der Waals surface area contributed by atoms with E-state index >= 15 is 0 Å². The summed E-state index contributed by atoms with van der Waals surface area (Å²) in [5, 5.41) is 6.94. The molecule has 1 aliphatic carbocycles. The summed E-state index contributed by atoms with van der Waals surface area (Å²) in [7, 11) is 3.06. The third kappa shape index (κ3) is 3.46. The standard InChI is InChI=1S/C34H25ClN2O5/c1-41-26-16-13-20(17-27(26)42-2)28-29(30(38)19-11-14-22(35)15-12-19)37-31(23-8-4-3-7-21(23)18-36-37)34(28)32(39)24-9-5-6-10-25(24)33(34)40/h3-18,28-29,31H,1-2H3/t28-,29+,31?/m0/s1. The molecule has 7 rings (SSSR count). The van der Waals surface area contributed by atoms with Gasteiger partial charge in [0.05, 0.1) is 26.5 Å². The van der Waals surface area contributed by atoms with E-state index in [1.54, 1.807) is 78.0 Å². The Hall–Kier alpha value is -4.75. The zero-order valence-electron chi connectivity index (χ0n) is 22.8. The number of fused-ring (bicyclic) bond motifs is 5. The maximum absolute atomic E-state index is 14.8. The first-order chi connectivity index (χ1) is 20.4. The number of ketones is 3. The molecule has 4 aromatic carbocycles. The lowest BCUT2D eigenvalue weighted by atomic mass is 9.63. The van der Waals surface area contributed by atoms with Crippen LogP contribution in [-0.2, 0) is 0 Å². The van der Waals surface area contributed by atoms with E-state index in [4.69, 9.17) is 26.2 Å². The van der Waals surface area contributed by atoms with E-state index < -0.39 is 23.4 Å². The van der Waals surface area contributed by atoms with Crippen molar-refractivity contribution >= 4 is 35.2 Å². The highest BCUT2D eigenvalue weighted by Crippen LogP contribution is 2.65. The second kappa shape index (κ2) is 9.67. The Morgan fingerprint density at radius 1 is 0.833 bits per heavy atom. The van der Waals surface area contributed by atoms with Gasteiger partial charge in [-0.25, -0.2) is 0 Å². The van der Waals surface area contributed by atoms with Crippen molar-refractivity contribution in [2.45, 2.75) is 18.0 Å². The maximum atomic E-state index is 14.8. The second-order valence-corrected chi connectivity index (χ2v) is 11.1. The molecular weight excluding hydrogens is 552 g/mol. The van der Waals surface area contributed by atoms with Gasteiger partial charge in [-0.1, -0.05) is 66.2 Å². The van der Waals surface area contributed by atoms with Gasteiger partial charge in [-0.3, -0.25) is 19.4 Å². The van der Waals surface area contributed by atoms with Crippen LogP contribution in [-0.4, -0.2) is 48.8 Å². The molecule has 42 heavy (non-hydrogen) atoms. The highest BCUT2D eigenvalue weighted by atomic mass is 35.5. The van der Waals surface area contributed by atoms with E-state index in [0.29, 0.717) is 38.8 Å². The average Bonchev–Trinajstić information content (AvgIpc) is 3.46. The largest absolute Gasteiger partial charge is 0.493 e. The maximum Gasteiger partial charge on any atom is 0.187 e. The van der Waals surface area contributed by atoms with Crippen LogP contribution in [0.15, 0.2) is 96.1 Å². The molecule has 1 saturated heterocycles. The smallest absolute Gasteiger partial charge is 0.187 e. The molecule has 1 unspecified atom stereocenters. The fourth-order valence-corrected chi connectivity index (χ4v) is 7.11. The Balaban J connectivity index is 1.55. The third-order valence-corrected chi connectivity index (χ3v) is 8.99. The highest BCUT2D eigenvalue weighted by molar-refractivity contribution is 6.32. The second-order valence-electron chi connectivity index (χ2n) is 10.6. The number of methoxy groups -OCH3 is 2. The van der Waals surface area contributed by atoms with Gasteiger partial charge in [-0.2, -0.15) is 5.10 Å². The van der Waals surface area contributed by atoms with E-state index in [-0.39, 0.29) is 17.3 Å². The van der Waals surface area contributed by atoms with Crippen molar-refractivity contribution in [1.29, 1.82) is 0 Å². The zero-order valence-corrected chi connectivity index (χ0v) is 23.5. The number of Topliss-reactive ketones (excluding diaryl/α,β-unsaturated/α-hetero) is 3. The van der Waals surface area contributed by atoms with Crippen LogP contribution in [0.4, 0.5) is 0 Å². The molecule has 0 N–H and O–H groups in total. The molecule has 3 atom stereocenters. The molecule has 1 spiro atoms. The summed E-state index contributed by atoms with van der Waals surface area (Å²) in [5.41, 5.74) is 1.56. The molecule has 0 amide bonds. The molecule has 4 aromatic rings. The number of rotatable bonds is 5. The first kappa shape index (κ1) is 26.2. The number of halogens is 1. The number of nitrogens with zero attached hydrogens (tertiary/aromatic N) is 2. The Bertz CT molecular complexity index is 1780. The number of hydrogen-bond acceptors (Lipinski definition) is 7. The summed E-state index contributed by atoms with van der Waals surface area (Å²) in [6.07, 6.45) is 1.69. The number of carbonyl (C=O) groups is 3. The lowest BCUT2D eigenvalue weighted by Crippen LogP contribution is -2.43. The summed E-state index contributed by atoms with van der Waals surface area (Å²) in [4.78, 5) is 44.2. The molecule has 3 aliphatic rings. The minimum Gasteiger partial charge on any atom is -0.493 e. The summed E-state index contributed by atoms with van der Waals surface area (Å²) >= 11 is 6.16. The topological polar surface area (TPSA) is 85.3 Å². The Morgan fingerprint density at radius 2 is 1.48 bits per heavy atom. The fraction of sp³-hybridized carbons (Fsp3) is 0.176. The van der Waals surface area contributed by atoms with E-state index in [2.05, 4.69) is 0 Å². The van der Waals surface area contributed by atoms with E-state index in [0.717, 1.165) is 11.1 Å². The molecule has 7 nitrogen and oxygen atoms in total. The predicted octanol–water partition coefficient (Wildman–Crippen LogP) is 6.16. The number of ether oxygens (including phenoxy) is 2. The number of carbonyl (C=O) groups excluding carboxylic acids is 3. The van der Waals surface area contributed by atoms with Crippen LogP contribution in [0.2, 0.25) is 5.02 Å². The molecule has 0 radical (unpaired) electrons. The van der Waals surface area contributed by atoms with Crippen molar-refractivity contribution in [3.05, 3.63) is 129 Å². The Morgan fingerprint density at radius 3 is 2.14 bits per heavy atom. The SMILES string of the molecule is COc1ccc([C@H]2[C@H](C(=O)c3ccc(Cl)cc3)N3N=Cc4ccccc4C3C23C(=O)c2ccccc2C3=O)cc1OC. The van der Waals surface area contributed by atoms with Crippen molar-refractivity contribution < 1.29 is 23.9 Å². The Kier molecular flexibility index (Phi) is 6.02. The van der Waals surface area contributed by atoms with Crippen LogP contribution < -0.4 is 9.47 Å². The van der Waals surface area contributed by atoms with Gasteiger partial charge in [0, 0.05) is 27.6 Å². The average molecular weight is 577 g/mol. The monoisotopic (exact) mass is 576 g/mol. The van der Waals surface area contributed by atoms with Gasteiger partial charge in [0.2, 0.25) is 0 Å². The van der Waals surface area contributed by atoms with Gasteiger partial charge in [-0.05, 0) is 53.1 Å². The van der Waals surface area contributed by atoms with Crippen molar-refractivity contribution in [1.82, 2.24) is 5.01 Å². The molecule has 0 saturated carbocycles. The van der Waals surface area contributed by atoms with E-state index in [9.17, 15) is 14.4 Å². The van der Waals surface area contributed by atoms with E-state index in [1.807, 2.05) is 24.3 Å². The van der Waals surface area contributed by atoms with Crippen LogP contribution in [0.25, 0.3) is 0 Å². The van der Waals surface area contributed by atoms with Crippen LogP contribution in [0, 0.1) is 5.41 Å². The molecule has 2 aliphatic heterocycles. The van der Waals surface area contributed by atoms with Gasteiger partial charge in [0.25, 0.3) is 0 Å². The molecule has 0 bridgehead atoms. The summed E-state index contributed by atoms with van der Waals surface area (Å²) in [6, 6.07) is 24.5. The van der Waals surface area contributed by atoms with Crippen LogP contribution >= 0.6 is 11.6 Å². The number of hydrogen-bond donors (Lipinski definition) is 0. The summed E-state index contributed by atoms with van der Waals surface area (Å²) in [5.74, 6) is -0.927. The van der Waals surface area contributed by atoms with Crippen molar-refractivity contribution in [3.63, 3.8) is 0 Å². The minimum absolute atomic E-state index is 0.276. The van der Waals surface area contributed by atoms with Gasteiger partial charge < -0.3 is 9.47 Å². The Labute approximate surface area is 247 Å². The predicted molar refractivity (Wildman–Crippen MR) is 158 cm³/mol. The number of benzene rings is 4. The van der Waals surface area contributed by atoms with Gasteiger partial charge in [0.1, 0.15) is 11.5 Å². The zero-order chi connectivity index (χ0) is 29.2. The van der Waals surface area contributed by atoms with Crippen molar-refractivity contribution in [2.75, 3.05) is 14.2 Å². The first-order valence-corrected chi connectivity index (χ1v) is 13.9. The molecule has 208 valence electrons. The van der Waals surface area contributed by atoms with Crippen LogP contribution in [0.3, 0.4) is 0 Å². The van der Waals surface area contributed by atoms with Gasteiger partial charge in [0.15, 0.2) is 28.8 Å². The highest BCUT2D eigenvalue weighted by Gasteiger charge is 2.72. The molecule has 1 fully saturated rings.